The van der Waals surface area contributed by atoms with Crippen molar-refractivity contribution in [2.24, 2.45) is 5.41 Å². The van der Waals surface area contributed by atoms with Crippen LogP contribution in [0.1, 0.15) is 43.0 Å². The summed E-state index contributed by atoms with van der Waals surface area (Å²) >= 11 is 5.81. The standard InChI is InChI=1S/C15H19ClN2O4/c1-15(7-3-2-4-13(15)19)9-17-14(20)10-5-6-12(18(21)22)11(16)8-10/h5-6,8,13,19H,2-4,7,9H2,1H3,(H,17,20). The summed E-state index contributed by atoms with van der Waals surface area (Å²) in [5, 5.41) is 23.5. The third-order valence-electron chi connectivity index (χ3n) is 4.34. The minimum absolute atomic E-state index is 0.0680. The number of aliphatic hydroxyl groups is 1. The zero-order valence-corrected chi connectivity index (χ0v) is 13.1. The van der Waals surface area contributed by atoms with Crippen LogP contribution in [0.3, 0.4) is 0 Å². The molecule has 0 radical (unpaired) electrons. The van der Waals surface area contributed by atoms with E-state index in [1.807, 2.05) is 6.92 Å². The quantitative estimate of drug-likeness (QED) is 0.657. The lowest BCUT2D eigenvalue weighted by molar-refractivity contribution is -0.384. The van der Waals surface area contributed by atoms with Gasteiger partial charge in [0.15, 0.2) is 0 Å². The first-order valence-electron chi connectivity index (χ1n) is 7.24. The molecule has 0 bridgehead atoms. The van der Waals surface area contributed by atoms with Crippen LogP contribution in [0.4, 0.5) is 5.69 Å². The van der Waals surface area contributed by atoms with Crippen molar-refractivity contribution in [2.45, 2.75) is 38.7 Å². The van der Waals surface area contributed by atoms with Crippen LogP contribution in [-0.4, -0.2) is 28.6 Å². The van der Waals surface area contributed by atoms with Gasteiger partial charge >= 0.3 is 0 Å². The zero-order chi connectivity index (χ0) is 16.3. The lowest BCUT2D eigenvalue weighted by atomic mass is 9.73. The molecular formula is C15H19ClN2O4. The summed E-state index contributed by atoms with van der Waals surface area (Å²) in [6, 6.07) is 3.88. The predicted molar refractivity (Wildman–Crippen MR) is 83.0 cm³/mol. The number of nitrogens with zero attached hydrogens (tertiary/aromatic N) is 1. The Hall–Kier alpha value is -1.66. The fourth-order valence-corrected chi connectivity index (χ4v) is 3.02. The molecule has 1 amide bonds. The monoisotopic (exact) mass is 326 g/mol. The van der Waals surface area contributed by atoms with Crippen LogP contribution in [0, 0.1) is 15.5 Å². The highest BCUT2D eigenvalue weighted by Gasteiger charge is 2.35. The minimum Gasteiger partial charge on any atom is -0.392 e. The predicted octanol–water partition coefficient (Wildman–Crippen LogP) is 2.92. The number of carbonyl (C=O) groups is 1. The maximum Gasteiger partial charge on any atom is 0.287 e. The third-order valence-corrected chi connectivity index (χ3v) is 4.64. The van der Waals surface area contributed by atoms with Crippen molar-refractivity contribution in [3.05, 3.63) is 38.9 Å². The lowest BCUT2D eigenvalue weighted by Gasteiger charge is -2.38. The SMILES string of the molecule is CC1(CNC(=O)c2ccc([N+](=O)[O-])c(Cl)c2)CCCCC1O. The molecule has 22 heavy (non-hydrogen) atoms. The molecule has 120 valence electrons. The van der Waals surface area contributed by atoms with E-state index in [0.717, 1.165) is 25.7 Å². The van der Waals surface area contributed by atoms with E-state index in [0.29, 0.717) is 6.54 Å². The summed E-state index contributed by atoms with van der Waals surface area (Å²) in [5.41, 5.74) is -0.296. The molecule has 1 aliphatic carbocycles. The first kappa shape index (κ1) is 16.7. The van der Waals surface area contributed by atoms with Gasteiger partial charge in [0.1, 0.15) is 5.02 Å². The maximum absolute atomic E-state index is 12.1. The molecule has 7 heteroatoms. The van der Waals surface area contributed by atoms with Gasteiger partial charge in [0.25, 0.3) is 11.6 Å². The van der Waals surface area contributed by atoms with Gasteiger partial charge in [-0.15, -0.1) is 0 Å². The maximum atomic E-state index is 12.1. The molecule has 1 saturated carbocycles. The Labute approximate surface area is 133 Å². The molecular weight excluding hydrogens is 308 g/mol. The molecule has 2 atom stereocenters. The van der Waals surface area contributed by atoms with Gasteiger partial charge in [-0.3, -0.25) is 14.9 Å². The van der Waals surface area contributed by atoms with E-state index in [2.05, 4.69) is 5.32 Å². The average Bonchev–Trinajstić information content (AvgIpc) is 2.47. The van der Waals surface area contributed by atoms with Crippen molar-refractivity contribution in [3.8, 4) is 0 Å². The molecule has 2 rings (SSSR count). The van der Waals surface area contributed by atoms with Crippen LogP contribution in [0.15, 0.2) is 18.2 Å². The Kier molecular flexibility index (Phi) is 5.03. The Bertz CT molecular complexity index is 593. The molecule has 0 aromatic heterocycles. The molecule has 0 saturated heterocycles. The summed E-state index contributed by atoms with van der Waals surface area (Å²) in [6.07, 6.45) is 3.21. The highest BCUT2D eigenvalue weighted by Crippen LogP contribution is 2.35. The van der Waals surface area contributed by atoms with Gasteiger partial charge in [0, 0.05) is 23.6 Å². The number of hydrogen-bond acceptors (Lipinski definition) is 4. The highest BCUT2D eigenvalue weighted by molar-refractivity contribution is 6.33. The van der Waals surface area contributed by atoms with Gasteiger partial charge in [-0.25, -0.2) is 0 Å². The van der Waals surface area contributed by atoms with Crippen LogP contribution < -0.4 is 5.32 Å². The number of rotatable bonds is 4. The fraction of sp³-hybridized carbons (Fsp3) is 0.533. The topological polar surface area (TPSA) is 92.5 Å². The van der Waals surface area contributed by atoms with E-state index in [9.17, 15) is 20.0 Å². The van der Waals surface area contributed by atoms with E-state index in [4.69, 9.17) is 11.6 Å². The molecule has 1 aromatic rings. The van der Waals surface area contributed by atoms with Crippen LogP contribution in [-0.2, 0) is 0 Å². The Morgan fingerprint density at radius 2 is 2.27 bits per heavy atom. The average molecular weight is 327 g/mol. The number of nitro groups is 1. The van der Waals surface area contributed by atoms with Gasteiger partial charge < -0.3 is 10.4 Å². The number of aliphatic hydroxyl groups excluding tert-OH is 1. The molecule has 1 aromatic carbocycles. The number of carbonyl (C=O) groups excluding carboxylic acids is 1. The van der Waals surface area contributed by atoms with Crippen LogP contribution in [0.5, 0.6) is 0 Å². The number of amides is 1. The first-order valence-corrected chi connectivity index (χ1v) is 7.61. The second-order valence-corrected chi connectivity index (χ2v) is 6.43. The number of hydrogen-bond donors (Lipinski definition) is 2. The van der Waals surface area contributed by atoms with E-state index in [-0.39, 0.29) is 27.6 Å². The van der Waals surface area contributed by atoms with Crippen LogP contribution in [0.25, 0.3) is 0 Å². The molecule has 0 aliphatic heterocycles. The number of nitro benzene ring substituents is 1. The highest BCUT2D eigenvalue weighted by atomic mass is 35.5. The summed E-state index contributed by atoms with van der Waals surface area (Å²) in [7, 11) is 0. The second kappa shape index (κ2) is 6.62. The van der Waals surface area contributed by atoms with Crippen molar-refractivity contribution in [3.63, 3.8) is 0 Å². The van der Waals surface area contributed by atoms with Crippen LogP contribution in [0.2, 0.25) is 5.02 Å². The third kappa shape index (κ3) is 3.56. The number of benzene rings is 1. The molecule has 6 nitrogen and oxygen atoms in total. The van der Waals surface area contributed by atoms with Crippen molar-refractivity contribution in [2.75, 3.05) is 6.54 Å². The number of nitrogens with one attached hydrogen (secondary N) is 1. The van der Waals surface area contributed by atoms with Crippen molar-refractivity contribution < 1.29 is 14.8 Å². The molecule has 1 fully saturated rings. The summed E-state index contributed by atoms with van der Waals surface area (Å²) in [6.45, 7) is 2.32. The smallest absolute Gasteiger partial charge is 0.287 e. The van der Waals surface area contributed by atoms with Gasteiger partial charge in [-0.1, -0.05) is 31.4 Å². The zero-order valence-electron chi connectivity index (χ0n) is 12.3. The normalized spacial score (nSPS) is 24.8. The Morgan fingerprint density at radius 1 is 1.55 bits per heavy atom. The molecule has 2 N–H and O–H groups in total. The van der Waals surface area contributed by atoms with Gasteiger partial charge in [-0.2, -0.15) is 0 Å². The number of halogens is 1. The van der Waals surface area contributed by atoms with E-state index < -0.39 is 11.0 Å². The van der Waals surface area contributed by atoms with E-state index in [1.54, 1.807) is 0 Å². The van der Waals surface area contributed by atoms with Crippen molar-refractivity contribution in [1.29, 1.82) is 0 Å². The summed E-state index contributed by atoms with van der Waals surface area (Å²) in [5.74, 6) is -0.351. The van der Waals surface area contributed by atoms with Crippen molar-refractivity contribution >= 4 is 23.2 Å². The molecule has 2 unspecified atom stereocenters. The largest absolute Gasteiger partial charge is 0.392 e. The minimum atomic E-state index is -0.594. The summed E-state index contributed by atoms with van der Waals surface area (Å²) in [4.78, 5) is 22.3. The Morgan fingerprint density at radius 3 is 2.86 bits per heavy atom. The van der Waals surface area contributed by atoms with Crippen LogP contribution >= 0.6 is 11.6 Å². The van der Waals surface area contributed by atoms with Gasteiger partial charge in [0.05, 0.1) is 11.0 Å². The lowest BCUT2D eigenvalue weighted by Crippen LogP contribution is -2.45. The first-order chi connectivity index (χ1) is 10.3. The fourth-order valence-electron chi connectivity index (χ4n) is 2.77. The van der Waals surface area contributed by atoms with Gasteiger partial charge in [-0.05, 0) is 25.0 Å². The van der Waals surface area contributed by atoms with E-state index in [1.165, 1.54) is 18.2 Å². The second-order valence-electron chi connectivity index (χ2n) is 6.02. The van der Waals surface area contributed by atoms with Crippen molar-refractivity contribution in [1.82, 2.24) is 5.32 Å². The van der Waals surface area contributed by atoms with Gasteiger partial charge in [0.2, 0.25) is 0 Å². The van der Waals surface area contributed by atoms with E-state index >= 15 is 0 Å². The Balaban J connectivity index is 2.03. The molecule has 1 aliphatic rings. The molecule has 0 heterocycles. The molecule has 0 spiro atoms. The summed E-state index contributed by atoms with van der Waals surface area (Å²) < 4.78 is 0.